The number of nitrogens with one attached hydrogen (secondary N) is 2. The first kappa shape index (κ1) is 14.5. The van der Waals surface area contributed by atoms with Crippen molar-refractivity contribution in [3.8, 4) is 0 Å². The van der Waals surface area contributed by atoms with Crippen molar-refractivity contribution in [2.75, 3.05) is 0 Å². The monoisotopic (exact) mass is 290 g/mol. The van der Waals surface area contributed by atoms with Gasteiger partial charge in [-0.05, 0) is 49.8 Å². The number of rotatable bonds is 3. The summed E-state index contributed by atoms with van der Waals surface area (Å²) in [5, 5.41) is 6.48. The van der Waals surface area contributed by atoms with Crippen LogP contribution in [0.1, 0.15) is 50.6 Å². The fraction of sp³-hybridized carbons (Fsp3) is 0.588. The average molecular weight is 290 g/mol. The minimum absolute atomic E-state index is 0.0427. The lowest BCUT2D eigenvalue weighted by Gasteiger charge is -2.24. The molecule has 1 saturated carbocycles. The lowest BCUT2D eigenvalue weighted by Crippen LogP contribution is -2.43. The summed E-state index contributed by atoms with van der Waals surface area (Å²) in [7, 11) is 0. The molecule has 114 valence electrons. The molecule has 0 radical (unpaired) electrons. The van der Waals surface area contributed by atoms with E-state index in [9.17, 15) is 9.18 Å². The number of hydrogen-bond acceptors (Lipinski definition) is 2. The number of carbonyl (C=O) groups is 1. The Labute approximate surface area is 125 Å². The Morgan fingerprint density at radius 3 is 2.95 bits per heavy atom. The molecule has 0 bridgehead atoms. The first-order valence-corrected chi connectivity index (χ1v) is 7.95. The largest absolute Gasteiger partial charge is 0.348 e. The lowest BCUT2D eigenvalue weighted by atomic mass is 9.85. The van der Waals surface area contributed by atoms with Gasteiger partial charge in [-0.3, -0.25) is 4.79 Å². The normalized spacial score (nSPS) is 29.7. The van der Waals surface area contributed by atoms with Gasteiger partial charge in [0.05, 0.1) is 12.1 Å². The van der Waals surface area contributed by atoms with Crippen LogP contribution in [0.25, 0.3) is 0 Å². The molecular formula is C17H23FN2O. The third-order valence-corrected chi connectivity index (χ3v) is 4.89. The second-order valence-corrected chi connectivity index (χ2v) is 6.39. The molecule has 21 heavy (non-hydrogen) atoms. The van der Waals surface area contributed by atoms with Gasteiger partial charge in [0.15, 0.2) is 0 Å². The molecule has 2 fully saturated rings. The van der Waals surface area contributed by atoms with Gasteiger partial charge in [0.2, 0.25) is 5.91 Å². The van der Waals surface area contributed by atoms with Crippen LogP contribution in [0.5, 0.6) is 0 Å². The molecule has 1 aromatic rings. The van der Waals surface area contributed by atoms with Crippen LogP contribution >= 0.6 is 0 Å². The highest BCUT2D eigenvalue weighted by Crippen LogP contribution is 2.33. The smallest absolute Gasteiger partial charge is 0.237 e. The van der Waals surface area contributed by atoms with Crippen LogP contribution in [0.2, 0.25) is 0 Å². The number of hydrogen-bond donors (Lipinski definition) is 2. The number of carbonyl (C=O) groups excluding carboxylic acids is 1. The highest BCUT2D eigenvalue weighted by Gasteiger charge is 2.38. The van der Waals surface area contributed by atoms with E-state index in [4.69, 9.17) is 0 Å². The molecule has 4 unspecified atom stereocenters. The molecule has 1 amide bonds. The molecule has 0 spiro atoms. The molecule has 1 aliphatic heterocycles. The standard InChI is InChI=1S/C17H23FN2O/c1-11(12-6-4-7-14(18)9-12)19-17(21)16-10-13-5-2-3-8-15(13)20-16/h4,6-7,9,11,13,15-16,20H,2-3,5,8,10H2,1H3,(H,19,21). The average Bonchev–Trinajstić information content (AvgIpc) is 2.91. The minimum Gasteiger partial charge on any atom is -0.348 e. The molecule has 4 atom stereocenters. The van der Waals surface area contributed by atoms with Crippen molar-refractivity contribution in [1.29, 1.82) is 0 Å². The molecule has 1 aliphatic carbocycles. The zero-order chi connectivity index (χ0) is 14.8. The van der Waals surface area contributed by atoms with Gasteiger partial charge in [-0.25, -0.2) is 4.39 Å². The molecule has 1 aromatic carbocycles. The van der Waals surface area contributed by atoms with Gasteiger partial charge < -0.3 is 10.6 Å². The van der Waals surface area contributed by atoms with E-state index in [1.54, 1.807) is 6.07 Å². The Kier molecular flexibility index (Phi) is 4.24. The van der Waals surface area contributed by atoms with E-state index in [2.05, 4.69) is 10.6 Å². The Hall–Kier alpha value is -1.42. The molecule has 4 heteroatoms. The van der Waals surface area contributed by atoms with Crippen molar-refractivity contribution < 1.29 is 9.18 Å². The predicted molar refractivity (Wildman–Crippen MR) is 80.2 cm³/mol. The molecule has 3 rings (SSSR count). The predicted octanol–water partition coefficient (Wildman–Crippen LogP) is 2.92. The summed E-state index contributed by atoms with van der Waals surface area (Å²) < 4.78 is 13.2. The molecule has 1 heterocycles. The second-order valence-electron chi connectivity index (χ2n) is 6.39. The van der Waals surface area contributed by atoms with E-state index < -0.39 is 0 Å². The van der Waals surface area contributed by atoms with Crippen LogP contribution in [-0.4, -0.2) is 18.0 Å². The zero-order valence-corrected chi connectivity index (χ0v) is 12.4. The number of fused-ring (bicyclic) bond motifs is 1. The Morgan fingerprint density at radius 2 is 2.19 bits per heavy atom. The van der Waals surface area contributed by atoms with Crippen LogP contribution in [0, 0.1) is 11.7 Å². The molecular weight excluding hydrogens is 267 g/mol. The maximum Gasteiger partial charge on any atom is 0.237 e. The van der Waals surface area contributed by atoms with E-state index >= 15 is 0 Å². The SMILES string of the molecule is CC(NC(=O)C1CC2CCCCC2N1)c1cccc(F)c1. The van der Waals surface area contributed by atoms with Gasteiger partial charge in [-0.1, -0.05) is 25.0 Å². The summed E-state index contributed by atoms with van der Waals surface area (Å²) in [5.74, 6) is 0.429. The maximum absolute atomic E-state index is 13.2. The fourth-order valence-electron chi connectivity index (χ4n) is 3.69. The van der Waals surface area contributed by atoms with Crippen LogP contribution < -0.4 is 10.6 Å². The van der Waals surface area contributed by atoms with Crippen molar-refractivity contribution in [2.24, 2.45) is 5.92 Å². The fourth-order valence-corrected chi connectivity index (χ4v) is 3.69. The van der Waals surface area contributed by atoms with Crippen molar-refractivity contribution in [1.82, 2.24) is 10.6 Å². The summed E-state index contributed by atoms with van der Waals surface area (Å²) in [6, 6.07) is 6.67. The first-order chi connectivity index (χ1) is 10.1. The maximum atomic E-state index is 13.2. The van der Waals surface area contributed by atoms with E-state index in [1.807, 2.05) is 13.0 Å². The Balaban J connectivity index is 1.59. The van der Waals surface area contributed by atoms with E-state index in [-0.39, 0.29) is 23.8 Å². The number of amides is 1. The van der Waals surface area contributed by atoms with Gasteiger partial charge in [0.25, 0.3) is 0 Å². The third-order valence-electron chi connectivity index (χ3n) is 4.89. The van der Waals surface area contributed by atoms with E-state index in [1.165, 1.54) is 37.8 Å². The summed E-state index contributed by atoms with van der Waals surface area (Å²) >= 11 is 0. The quantitative estimate of drug-likeness (QED) is 0.898. The third kappa shape index (κ3) is 3.26. The first-order valence-electron chi connectivity index (χ1n) is 7.95. The van der Waals surface area contributed by atoms with Crippen LogP contribution in [-0.2, 0) is 4.79 Å². The summed E-state index contributed by atoms with van der Waals surface area (Å²) in [4.78, 5) is 12.4. The van der Waals surface area contributed by atoms with Crippen molar-refractivity contribution in [3.63, 3.8) is 0 Å². The minimum atomic E-state index is -0.265. The summed E-state index contributed by atoms with van der Waals surface area (Å²) in [5.41, 5.74) is 0.804. The lowest BCUT2D eigenvalue weighted by molar-refractivity contribution is -0.123. The highest BCUT2D eigenvalue weighted by atomic mass is 19.1. The van der Waals surface area contributed by atoms with Gasteiger partial charge >= 0.3 is 0 Å². The van der Waals surface area contributed by atoms with E-state index in [0.717, 1.165) is 12.0 Å². The number of benzene rings is 1. The molecule has 2 N–H and O–H groups in total. The molecule has 2 aliphatic rings. The van der Waals surface area contributed by atoms with Crippen molar-refractivity contribution in [2.45, 2.75) is 57.2 Å². The van der Waals surface area contributed by atoms with Crippen LogP contribution in [0.3, 0.4) is 0 Å². The molecule has 0 aromatic heterocycles. The van der Waals surface area contributed by atoms with Crippen LogP contribution in [0.4, 0.5) is 4.39 Å². The van der Waals surface area contributed by atoms with Crippen molar-refractivity contribution in [3.05, 3.63) is 35.6 Å². The molecule has 1 saturated heterocycles. The second kappa shape index (κ2) is 6.14. The molecule has 3 nitrogen and oxygen atoms in total. The topological polar surface area (TPSA) is 41.1 Å². The van der Waals surface area contributed by atoms with Crippen molar-refractivity contribution >= 4 is 5.91 Å². The highest BCUT2D eigenvalue weighted by molar-refractivity contribution is 5.82. The summed E-state index contributed by atoms with van der Waals surface area (Å²) in [6.45, 7) is 1.90. The zero-order valence-electron chi connectivity index (χ0n) is 12.4. The number of halogens is 1. The van der Waals surface area contributed by atoms with E-state index in [0.29, 0.717) is 12.0 Å². The Morgan fingerprint density at radius 1 is 1.38 bits per heavy atom. The van der Waals surface area contributed by atoms with Gasteiger partial charge in [-0.15, -0.1) is 0 Å². The summed E-state index contributed by atoms with van der Waals surface area (Å²) in [6.07, 6.45) is 5.92. The van der Waals surface area contributed by atoms with Crippen LogP contribution in [0.15, 0.2) is 24.3 Å². The van der Waals surface area contributed by atoms with Gasteiger partial charge in [0.1, 0.15) is 5.82 Å². The van der Waals surface area contributed by atoms with Gasteiger partial charge in [-0.2, -0.15) is 0 Å². The van der Waals surface area contributed by atoms with Gasteiger partial charge in [0, 0.05) is 6.04 Å². The Bertz CT molecular complexity index is 505.